The van der Waals surface area contributed by atoms with Crippen molar-refractivity contribution in [2.24, 2.45) is 0 Å². The number of hydrogen-bond acceptors (Lipinski definition) is 6. The second-order valence-electron chi connectivity index (χ2n) is 7.46. The lowest BCUT2D eigenvalue weighted by atomic mass is 10.1. The van der Waals surface area contributed by atoms with Gasteiger partial charge < -0.3 is 9.47 Å². The number of ether oxygens (including phenoxy) is 2. The number of benzene rings is 2. The SMILES string of the molecule is CC(OC(=O)Cc1ccc(-c2ncn(-c3ccc(OC(F)(F)F)cc3)n2)cc1)c1ccc(Cl)cn1. The average molecular weight is 503 g/mol. The molecule has 2 heterocycles. The summed E-state index contributed by atoms with van der Waals surface area (Å²) in [4.78, 5) is 20.7. The first-order chi connectivity index (χ1) is 16.7. The number of carbonyl (C=O) groups is 1. The van der Waals surface area contributed by atoms with Crippen LogP contribution in [0.2, 0.25) is 5.02 Å². The summed E-state index contributed by atoms with van der Waals surface area (Å²) in [5.41, 5.74) is 2.57. The number of aromatic nitrogens is 4. The Morgan fingerprint density at radius 2 is 1.74 bits per heavy atom. The first kappa shape index (κ1) is 24.2. The molecular weight excluding hydrogens is 485 g/mol. The smallest absolute Gasteiger partial charge is 0.456 e. The number of hydrogen-bond donors (Lipinski definition) is 0. The second-order valence-corrected chi connectivity index (χ2v) is 7.90. The van der Waals surface area contributed by atoms with Crippen LogP contribution >= 0.6 is 11.6 Å². The lowest BCUT2D eigenvalue weighted by molar-refractivity contribution is -0.274. The van der Waals surface area contributed by atoms with Crippen LogP contribution in [0.3, 0.4) is 0 Å². The molecule has 180 valence electrons. The quantitative estimate of drug-likeness (QED) is 0.300. The monoisotopic (exact) mass is 502 g/mol. The molecule has 0 radical (unpaired) electrons. The van der Waals surface area contributed by atoms with Gasteiger partial charge >= 0.3 is 12.3 Å². The Bertz CT molecular complexity index is 1290. The van der Waals surface area contributed by atoms with Gasteiger partial charge in [-0.25, -0.2) is 9.67 Å². The van der Waals surface area contributed by atoms with Crippen LogP contribution in [-0.4, -0.2) is 32.1 Å². The van der Waals surface area contributed by atoms with Gasteiger partial charge in [-0.2, -0.15) is 0 Å². The van der Waals surface area contributed by atoms with Crippen molar-refractivity contribution in [1.82, 2.24) is 19.7 Å². The van der Waals surface area contributed by atoms with E-state index in [4.69, 9.17) is 16.3 Å². The Hall–Kier alpha value is -3.92. The predicted molar refractivity (Wildman–Crippen MR) is 121 cm³/mol. The molecule has 7 nitrogen and oxygen atoms in total. The van der Waals surface area contributed by atoms with Crippen LogP contribution in [0.15, 0.2) is 73.2 Å². The van der Waals surface area contributed by atoms with E-state index in [1.807, 2.05) is 0 Å². The van der Waals surface area contributed by atoms with Crippen LogP contribution in [0.5, 0.6) is 5.75 Å². The molecule has 1 unspecified atom stereocenters. The minimum Gasteiger partial charge on any atom is -0.456 e. The third kappa shape index (κ3) is 6.57. The molecule has 0 spiro atoms. The van der Waals surface area contributed by atoms with Gasteiger partial charge in [0.05, 0.1) is 22.8 Å². The number of carbonyl (C=O) groups excluding carboxylic acids is 1. The maximum atomic E-state index is 12.3. The lowest BCUT2D eigenvalue weighted by Crippen LogP contribution is -2.17. The van der Waals surface area contributed by atoms with Crippen LogP contribution in [-0.2, 0) is 16.0 Å². The molecule has 0 fully saturated rings. The summed E-state index contributed by atoms with van der Waals surface area (Å²) in [6.07, 6.45) is -2.25. The van der Waals surface area contributed by atoms with Crippen molar-refractivity contribution in [2.75, 3.05) is 0 Å². The zero-order valence-electron chi connectivity index (χ0n) is 18.2. The summed E-state index contributed by atoms with van der Waals surface area (Å²) in [6, 6.07) is 15.7. The highest BCUT2D eigenvalue weighted by Crippen LogP contribution is 2.24. The van der Waals surface area contributed by atoms with Crippen LogP contribution in [0, 0.1) is 0 Å². The molecule has 0 saturated carbocycles. The summed E-state index contributed by atoms with van der Waals surface area (Å²) in [5.74, 6) is -0.311. The van der Waals surface area contributed by atoms with Crippen molar-refractivity contribution < 1.29 is 27.4 Å². The molecule has 35 heavy (non-hydrogen) atoms. The molecule has 1 atom stereocenters. The second kappa shape index (κ2) is 10.1. The van der Waals surface area contributed by atoms with Crippen LogP contribution in [0.1, 0.15) is 24.3 Å². The first-order valence-corrected chi connectivity index (χ1v) is 10.7. The maximum absolute atomic E-state index is 12.3. The average Bonchev–Trinajstić information content (AvgIpc) is 3.29. The van der Waals surface area contributed by atoms with E-state index in [0.29, 0.717) is 27.8 Å². The normalized spacial score (nSPS) is 12.3. The number of pyridine rings is 1. The molecule has 0 aliphatic heterocycles. The number of nitrogens with zero attached hydrogens (tertiary/aromatic N) is 4. The van der Waals surface area contributed by atoms with Gasteiger partial charge in [-0.15, -0.1) is 18.3 Å². The number of esters is 1. The molecule has 0 saturated heterocycles. The van der Waals surface area contributed by atoms with E-state index in [-0.39, 0.29) is 12.2 Å². The largest absolute Gasteiger partial charge is 0.573 e. The summed E-state index contributed by atoms with van der Waals surface area (Å²) in [7, 11) is 0. The van der Waals surface area contributed by atoms with Crippen molar-refractivity contribution >= 4 is 17.6 Å². The summed E-state index contributed by atoms with van der Waals surface area (Å²) >= 11 is 5.82. The van der Waals surface area contributed by atoms with Gasteiger partial charge in [0.15, 0.2) is 5.82 Å². The van der Waals surface area contributed by atoms with E-state index < -0.39 is 18.4 Å². The van der Waals surface area contributed by atoms with Crippen molar-refractivity contribution in [3.05, 3.63) is 89.5 Å². The van der Waals surface area contributed by atoms with Crippen LogP contribution in [0.25, 0.3) is 17.1 Å². The molecule has 0 aliphatic rings. The van der Waals surface area contributed by atoms with Crippen molar-refractivity contribution in [3.8, 4) is 22.8 Å². The Morgan fingerprint density at radius 3 is 2.37 bits per heavy atom. The fourth-order valence-electron chi connectivity index (χ4n) is 3.19. The van der Waals surface area contributed by atoms with Gasteiger partial charge in [0, 0.05) is 11.8 Å². The number of alkyl halides is 3. The minimum atomic E-state index is -4.75. The molecule has 2 aromatic carbocycles. The fourth-order valence-corrected chi connectivity index (χ4v) is 3.30. The summed E-state index contributed by atoms with van der Waals surface area (Å²) in [5, 5.41) is 4.86. The van der Waals surface area contributed by atoms with Crippen molar-refractivity contribution in [3.63, 3.8) is 0 Å². The van der Waals surface area contributed by atoms with E-state index in [9.17, 15) is 18.0 Å². The highest BCUT2D eigenvalue weighted by atomic mass is 35.5. The van der Waals surface area contributed by atoms with E-state index >= 15 is 0 Å². The van der Waals surface area contributed by atoms with Gasteiger partial charge in [-0.05, 0) is 48.9 Å². The molecular formula is C24H18ClF3N4O3. The molecule has 2 aromatic heterocycles. The zero-order chi connectivity index (χ0) is 25.0. The molecule has 4 aromatic rings. The number of rotatable bonds is 7. The Balaban J connectivity index is 1.37. The highest BCUT2D eigenvalue weighted by Gasteiger charge is 2.31. The molecule has 4 rings (SSSR count). The Kier molecular flexibility index (Phi) is 7.02. The van der Waals surface area contributed by atoms with Gasteiger partial charge in [0.1, 0.15) is 18.2 Å². The van der Waals surface area contributed by atoms with Crippen LogP contribution < -0.4 is 4.74 Å². The van der Waals surface area contributed by atoms with Gasteiger partial charge in [0.25, 0.3) is 0 Å². The molecule has 0 N–H and O–H groups in total. The Morgan fingerprint density at radius 1 is 1.03 bits per heavy atom. The first-order valence-electron chi connectivity index (χ1n) is 10.3. The van der Waals surface area contributed by atoms with E-state index in [1.54, 1.807) is 43.3 Å². The van der Waals surface area contributed by atoms with Crippen molar-refractivity contribution in [1.29, 1.82) is 0 Å². The van der Waals surface area contributed by atoms with Crippen molar-refractivity contribution in [2.45, 2.75) is 25.8 Å². The van der Waals surface area contributed by atoms with E-state index in [1.165, 1.54) is 41.5 Å². The maximum Gasteiger partial charge on any atom is 0.573 e. The molecule has 0 bridgehead atoms. The third-order valence-corrected chi connectivity index (χ3v) is 5.09. The summed E-state index contributed by atoms with van der Waals surface area (Å²) in [6.45, 7) is 1.73. The minimum absolute atomic E-state index is 0.0758. The van der Waals surface area contributed by atoms with Gasteiger partial charge in [-0.3, -0.25) is 9.78 Å². The zero-order valence-corrected chi connectivity index (χ0v) is 19.0. The number of halogens is 4. The third-order valence-electron chi connectivity index (χ3n) is 4.86. The lowest BCUT2D eigenvalue weighted by Gasteiger charge is -2.13. The van der Waals surface area contributed by atoms with Gasteiger partial charge in [0.2, 0.25) is 0 Å². The highest BCUT2D eigenvalue weighted by molar-refractivity contribution is 6.30. The predicted octanol–water partition coefficient (Wildman–Crippen LogP) is 5.73. The van der Waals surface area contributed by atoms with Crippen LogP contribution in [0.4, 0.5) is 13.2 Å². The standard InChI is InChI=1S/C24H18ClF3N4O3/c1-15(21-11-6-18(25)13-29-21)34-22(33)12-16-2-4-17(5-3-16)23-30-14-32(31-23)19-7-9-20(10-8-19)35-24(26,27)28/h2-11,13-15H,12H2,1H3. The molecule has 0 amide bonds. The fraction of sp³-hybridized carbons (Fsp3) is 0.167. The van der Waals surface area contributed by atoms with Gasteiger partial charge in [-0.1, -0.05) is 35.9 Å². The molecule has 11 heteroatoms. The molecule has 0 aliphatic carbocycles. The van der Waals surface area contributed by atoms with E-state index in [2.05, 4.69) is 19.8 Å². The Labute approximate surface area is 203 Å². The topological polar surface area (TPSA) is 79.1 Å². The summed E-state index contributed by atoms with van der Waals surface area (Å²) < 4.78 is 47.7. The van der Waals surface area contributed by atoms with E-state index in [0.717, 1.165) is 5.56 Å².